The van der Waals surface area contributed by atoms with Crippen LogP contribution in [0.5, 0.6) is 0 Å². The fraction of sp³-hybridized carbons (Fsp3) is 0.318. The van der Waals surface area contributed by atoms with Gasteiger partial charge in [0.2, 0.25) is 11.8 Å². The highest BCUT2D eigenvalue weighted by atomic mass is 32.2. The van der Waals surface area contributed by atoms with E-state index in [4.69, 9.17) is 0 Å². The molecule has 156 valence electrons. The number of carbonyl (C=O) groups excluding carboxylic acids is 3. The van der Waals surface area contributed by atoms with Gasteiger partial charge < -0.3 is 15.1 Å². The molecule has 4 rings (SSSR count). The molecule has 0 aromatic heterocycles. The van der Waals surface area contributed by atoms with E-state index in [9.17, 15) is 18.8 Å². The quantitative estimate of drug-likeness (QED) is 0.759. The summed E-state index contributed by atoms with van der Waals surface area (Å²) in [5.41, 5.74) is 1.56. The minimum atomic E-state index is -0.456. The van der Waals surface area contributed by atoms with Gasteiger partial charge in [-0.25, -0.2) is 4.39 Å². The van der Waals surface area contributed by atoms with E-state index >= 15 is 0 Å². The van der Waals surface area contributed by atoms with Crippen LogP contribution in [-0.2, 0) is 9.59 Å². The van der Waals surface area contributed by atoms with Gasteiger partial charge >= 0.3 is 0 Å². The number of nitrogens with zero attached hydrogens (tertiary/aromatic N) is 2. The topological polar surface area (TPSA) is 69.7 Å². The first-order valence-corrected chi connectivity index (χ1v) is 10.7. The number of rotatable bonds is 4. The molecule has 2 aromatic rings. The van der Waals surface area contributed by atoms with Gasteiger partial charge in [-0.15, -0.1) is 11.8 Å². The Morgan fingerprint density at radius 1 is 1.13 bits per heavy atom. The van der Waals surface area contributed by atoms with E-state index in [-0.39, 0.29) is 24.0 Å². The summed E-state index contributed by atoms with van der Waals surface area (Å²) in [6, 6.07) is 12.0. The SMILES string of the molecule is CC(=O)c1ccc(N2CCN(C(=O)C[C@H]3Sc4ccccc4NC3=O)CC2)c(F)c1. The van der Waals surface area contributed by atoms with E-state index in [1.165, 1.54) is 24.8 Å². The van der Waals surface area contributed by atoms with Crippen molar-refractivity contribution in [2.75, 3.05) is 36.4 Å². The van der Waals surface area contributed by atoms with E-state index in [1.54, 1.807) is 17.0 Å². The van der Waals surface area contributed by atoms with Gasteiger partial charge in [-0.1, -0.05) is 12.1 Å². The number of para-hydroxylation sites is 1. The Hall–Kier alpha value is -2.87. The molecule has 1 N–H and O–H groups in total. The van der Waals surface area contributed by atoms with Crippen molar-refractivity contribution in [3.05, 3.63) is 53.8 Å². The van der Waals surface area contributed by atoms with Gasteiger partial charge in [0.1, 0.15) is 5.82 Å². The van der Waals surface area contributed by atoms with Crippen molar-refractivity contribution < 1.29 is 18.8 Å². The Morgan fingerprint density at radius 2 is 1.87 bits per heavy atom. The molecule has 0 saturated carbocycles. The summed E-state index contributed by atoms with van der Waals surface area (Å²) in [5.74, 6) is -0.841. The van der Waals surface area contributed by atoms with Crippen molar-refractivity contribution in [3.63, 3.8) is 0 Å². The Bertz CT molecular complexity index is 1000. The molecule has 2 aliphatic rings. The lowest BCUT2D eigenvalue weighted by molar-refractivity contribution is -0.132. The fourth-order valence-corrected chi connectivity index (χ4v) is 4.80. The van der Waals surface area contributed by atoms with Crippen LogP contribution in [0, 0.1) is 5.82 Å². The first kappa shape index (κ1) is 20.4. The van der Waals surface area contributed by atoms with Crippen LogP contribution in [0.2, 0.25) is 0 Å². The van der Waals surface area contributed by atoms with Crippen LogP contribution in [-0.4, -0.2) is 53.9 Å². The molecule has 2 heterocycles. The largest absolute Gasteiger partial charge is 0.366 e. The molecule has 0 spiro atoms. The second-order valence-electron chi connectivity index (χ2n) is 7.39. The Labute approximate surface area is 178 Å². The van der Waals surface area contributed by atoms with Crippen molar-refractivity contribution in [2.45, 2.75) is 23.5 Å². The maximum atomic E-state index is 14.4. The van der Waals surface area contributed by atoms with Gasteiger partial charge in [-0.2, -0.15) is 0 Å². The number of fused-ring (bicyclic) bond motifs is 1. The smallest absolute Gasteiger partial charge is 0.238 e. The van der Waals surface area contributed by atoms with Crippen molar-refractivity contribution in [1.82, 2.24) is 4.90 Å². The average Bonchev–Trinajstić information content (AvgIpc) is 2.74. The lowest BCUT2D eigenvalue weighted by atomic mass is 10.1. The summed E-state index contributed by atoms with van der Waals surface area (Å²) >= 11 is 1.41. The number of nitrogens with one attached hydrogen (secondary N) is 1. The lowest BCUT2D eigenvalue weighted by Gasteiger charge is -2.37. The maximum Gasteiger partial charge on any atom is 0.238 e. The summed E-state index contributed by atoms with van der Waals surface area (Å²) in [4.78, 5) is 41.1. The lowest BCUT2D eigenvalue weighted by Crippen LogP contribution is -2.50. The molecular weight excluding hydrogens is 405 g/mol. The van der Waals surface area contributed by atoms with Gasteiger partial charge in [-0.3, -0.25) is 14.4 Å². The number of ketones is 1. The summed E-state index contributed by atoms with van der Waals surface area (Å²) < 4.78 is 14.4. The summed E-state index contributed by atoms with van der Waals surface area (Å²) in [6.45, 7) is 3.32. The van der Waals surface area contributed by atoms with Crippen LogP contribution < -0.4 is 10.2 Å². The molecule has 1 fully saturated rings. The normalized spacial score (nSPS) is 18.6. The number of hydrogen-bond donors (Lipinski definition) is 1. The number of thioether (sulfide) groups is 1. The molecule has 6 nitrogen and oxygen atoms in total. The highest BCUT2D eigenvalue weighted by Gasteiger charge is 2.31. The standard InChI is InChI=1S/C22H22FN3O3S/c1-14(27)15-6-7-18(16(23)12-15)25-8-10-26(11-9-25)21(28)13-20-22(29)24-17-4-2-3-5-19(17)30-20/h2-7,12,20H,8-11,13H2,1H3,(H,24,29)/t20-/m1/s1. The van der Waals surface area contributed by atoms with Gasteiger partial charge in [0.05, 0.1) is 16.6 Å². The van der Waals surface area contributed by atoms with Crippen molar-refractivity contribution in [2.24, 2.45) is 0 Å². The van der Waals surface area contributed by atoms with Gasteiger partial charge in [0.25, 0.3) is 0 Å². The average molecular weight is 428 g/mol. The van der Waals surface area contributed by atoms with Crippen molar-refractivity contribution >= 4 is 40.7 Å². The Morgan fingerprint density at radius 3 is 2.57 bits per heavy atom. The predicted octanol–water partition coefficient (Wildman–Crippen LogP) is 3.18. The maximum absolute atomic E-state index is 14.4. The van der Waals surface area contributed by atoms with Crippen LogP contribution >= 0.6 is 11.8 Å². The molecule has 0 aliphatic carbocycles. The number of anilines is 2. The zero-order chi connectivity index (χ0) is 21.3. The molecule has 0 bridgehead atoms. The molecule has 2 aromatic carbocycles. The van der Waals surface area contributed by atoms with Crippen LogP contribution in [0.15, 0.2) is 47.4 Å². The third-order valence-electron chi connectivity index (χ3n) is 5.39. The number of halogens is 1. The molecule has 0 radical (unpaired) electrons. The highest BCUT2D eigenvalue weighted by molar-refractivity contribution is 8.01. The molecule has 0 unspecified atom stereocenters. The number of hydrogen-bond acceptors (Lipinski definition) is 5. The first-order valence-electron chi connectivity index (χ1n) is 9.82. The Balaban J connectivity index is 1.35. The zero-order valence-corrected chi connectivity index (χ0v) is 17.4. The minimum Gasteiger partial charge on any atom is -0.366 e. The van der Waals surface area contributed by atoms with E-state index in [1.807, 2.05) is 29.2 Å². The molecule has 30 heavy (non-hydrogen) atoms. The predicted molar refractivity (Wildman–Crippen MR) is 115 cm³/mol. The summed E-state index contributed by atoms with van der Waals surface area (Å²) in [6.07, 6.45) is 0.131. The molecule has 2 amide bonds. The van der Waals surface area contributed by atoms with Crippen LogP contribution in [0.1, 0.15) is 23.7 Å². The molecule has 1 atom stereocenters. The van der Waals surface area contributed by atoms with E-state index in [2.05, 4.69) is 5.32 Å². The molecule has 2 aliphatic heterocycles. The third kappa shape index (κ3) is 4.18. The molecular formula is C22H22FN3O3S. The number of piperazine rings is 1. The van der Waals surface area contributed by atoms with Crippen LogP contribution in [0.4, 0.5) is 15.8 Å². The Kier molecular flexibility index (Phi) is 5.76. The molecule has 1 saturated heterocycles. The van der Waals surface area contributed by atoms with E-state index in [0.717, 1.165) is 10.6 Å². The van der Waals surface area contributed by atoms with Crippen LogP contribution in [0.3, 0.4) is 0 Å². The number of carbonyl (C=O) groups is 3. The van der Waals surface area contributed by atoms with E-state index < -0.39 is 11.1 Å². The minimum absolute atomic E-state index is 0.0749. The fourth-order valence-electron chi connectivity index (χ4n) is 3.69. The first-order chi connectivity index (χ1) is 14.4. The van der Waals surface area contributed by atoms with Crippen molar-refractivity contribution in [3.8, 4) is 0 Å². The number of benzene rings is 2. The second-order valence-corrected chi connectivity index (χ2v) is 8.63. The molecule has 8 heteroatoms. The van der Waals surface area contributed by atoms with E-state index in [0.29, 0.717) is 37.4 Å². The van der Waals surface area contributed by atoms with Gasteiger partial charge in [0.15, 0.2) is 5.78 Å². The van der Waals surface area contributed by atoms with Gasteiger partial charge in [0, 0.05) is 43.1 Å². The zero-order valence-electron chi connectivity index (χ0n) is 16.6. The monoisotopic (exact) mass is 427 g/mol. The summed E-state index contributed by atoms with van der Waals surface area (Å²) in [5, 5.41) is 2.40. The highest BCUT2D eigenvalue weighted by Crippen LogP contribution is 2.36. The number of amides is 2. The summed E-state index contributed by atoms with van der Waals surface area (Å²) in [7, 11) is 0. The number of Topliss-reactive ketones (excluding diaryl/α,β-unsaturated/α-hetero) is 1. The van der Waals surface area contributed by atoms with Gasteiger partial charge in [-0.05, 0) is 37.3 Å². The van der Waals surface area contributed by atoms with Crippen LogP contribution in [0.25, 0.3) is 0 Å². The third-order valence-corrected chi connectivity index (χ3v) is 6.67. The second kappa shape index (κ2) is 8.47. The van der Waals surface area contributed by atoms with Crippen molar-refractivity contribution in [1.29, 1.82) is 0 Å².